The van der Waals surface area contributed by atoms with Gasteiger partial charge in [0.1, 0.15) is 12.1 Å². The molecule has 10 heteroatoms. The van der Waals surface area contributed by atoms with Crippen LogP contribution in [0.1, 0.15) is 259 Å². The lowest BCUT2D eigenvalue weighted by atomic mass is 10.0. The molecule has 0 unspecified atom stereocenters. The van der Waals surface area contributed by atoms with Crippen LogP contribution in [0.2, 0.25) is 0 Å². The largest absolute Gasteiger partial charge is 0.356 e. The molecule has 4 amide bonds. The molecule has 64 heavy (non-hydrogen) atoms. The van der Waals surface area contributed by atoms with Gasteiger partial charge < -0.3 is 31.1 Å². The minimum absolute atomic E-state index is 0.106. The highest BCUT2D eigenvalue weighted by molar-refractivity contribution is 6.00. The number of nitrogens with one attached hydrogen (secondary N) is 4. The number of unbranched alkanes of at least 4 members (excludes halogenated alkanes) is 28. The summed E-state index contributed by atoms with van der Waals surface area (Å²) >= 11 is 0. The summed E-state index contributed by atoms with van der Waals surface area (Å²) in [7, 11) is 0. The maximum absolute atomic E-state index is 13.0. The molecule has 1 aliphatic rings. The van der Waals surface area contributed by atoms with Crippen molar-refractivity contribution in [2.45, 2.75) is 271 Å². The molecule has 0 aromatic heterocycles. The van der Waals surface area contributed by atoms with Crippen molar-refractivity contribution >= 4 is 23.6 Å². The zero-order valence-corrected chi connectivity index (χ0v) is 42.8. The second-order valence-corrected chi connectivity index (χ2v) is 19.5. The van der Waals surface area contributed by atoms with E-state index in [0.717, 1.165) is 52.1 Å². The first-order valence-electron chi connectivity index (χ1n) is 27.9. The Morgan fingerprint density at radius 1 is 0.359 bits per heavy atom. The van der Waals surface area contributed by atoms with Gasteiger partial charge in [0.2, 0.25) is 23.6 Å². The first-order chi connectivity index (χ1) is 31.3. The molecule has 0 aromatic carbocycles. The van der Waals surface area contributed by atoms with Gasteiger partial charge in [0.15, 0.2) is 0 Å². The first kappa shape index (κ1) is 59.8. The topological polar surface area (TPSA) is 123 Å². The van der Waals surface area contributed by atoms with Crippen LogP contribution in [-0.4, -0.2) is 97.9 Å². The van der Waals surface area contributed by atoms with Crippen LogP contribution in [0.5, 0.6) is 0 Å². The molecule has 1 saturated heterocycles. The van der Waals surface area contributed by atoms with E-state index in [2.05, 4.69) is 58.8 Å². The molecule has 4 N–H and O–H groups in total. The Morgan fingerprint density at radius 2 is 0.578 bits per heavy atom. The molecule has 1 rings (SSSR count). The van der Waals surface area contributed by atoms with Gasteiger partial charge in [-0.2, -0.15) is 0 Å². The summed E-state index contributed by atoms with van der Waals surface area (Å²) in [6.07, 6.45) is 43.7. The molecular weight excluding hydrogens is 797 g/mol. The molecule has 1 heterocycles. The summed E-state index contributed by atoms with van der Waals surface area (Å²) in [5.41, 5.74) is 0. The van der Waals surface area contributed by atoms with Crippen LogP contribution in [0, 0.1) is 0 Å². The number of piperazine rings is 1. The SMILES string of the molecule is CCCCCCCCCCN(CCCCCCCCCC)CCCNC(=O)C[C@@H]1NC(=O)[C@H](CC(=O)NCCCN(CCCCCCCCCC)CCCCCCCCCC)NC1=O. The molecule has 1 fully saturated rings. The van der Waals surface area contributed by atoms with Gasteiger partial charge in [-0.1, -0.05) is 207 Å². The molecule has 0 aromatic rings. The van der Waals surface area contributed by atoms with Gasteiger partial charge in [0, 0.05) is 13.1 Å². The Kier molecular flexibility index (Phi) is 41.7. The number of amides is 4. The van der Waals surface area contributed by atoms with Gasteiger partial charge in [-0.15, -0.1) is 0 Å². The van der Waals surface area contributed by atoms with E-state index in [0.29, 0.717) is 13.1 Å². The van der Waals surface area contributed by atoms with Gasteiger partial charge in [-0.05, 0) is 77.8 Å². The lowest BCUT2D eigenvalue weighted by Gasteiger charge is -2.29. The highest BCUT2D eigenvalue weighted by Gasteiger charge is 2.35. The zero-order chi connectivity index (χ0) is 46.6. The Hall–Kier alpha value is -2.20. The Morgan fingerprint density at radius 3 is 0.828 bits per heavy atom. The van der Waals surface area contributed by atoms with E-state index >= 15 is 0 Å². The van der Waals surface area contributed by atoms with Gasteiger partial charge in [-0.3, -0.25) is 19.2 Å². The minimum atomic E-state index is -0.930. The number of carbonyl (C=O) groups excluding carboxylic acids is 4. The first-order valence-corrected chi connectivity index (χ1v) is 27.9. The summed E-state index contributed by atoms with van der Waals surface area (Å²) < 4.78 is 0. The van der Waals surface area contributed by atoms with E-state index in [-0.39, 0.29) is 24.7 Å². The Balaban J connectivity index is 2.41. The summed E-state index contributed by atoms with van der Waals surface area (Å²) in [6, 6.07) is -1.86. The Bertz CT molecular complexity index is 984. The molecule has 376 valence electrons. The number of hydrogen-bond acceptors (Lipinski definition) is 6. The van der Waals surface area contributed by atoms with Crippen molar-refractivity contribution in [1.82, 2.24) is 31.1 Å². The van der Waals surface area contributed by atoms with Gasteiger partial charge >= 0.3 is 0 Å². The van der Waals surface area contributed by atoms with Crippen LogP contribution in [-0.2, 0) is 19.2 Å². The molecular formula is C54H106N6O4. The number of nitrogens with zero attached hydrogens (tertiary/aromatic N) is 2. The van der Waals surface area contributed by atoms with Crippen LogP contribution in [0.4, 0.5) is 0 Å². The summed E-state index contributed by atoms with van der Waals surface area (Å²) in [5.74, 6) is -1.31. The molecule has 0 saturated carbocycles. The average Bonchev–Trinajstić information content (AvgIpc) is 3.28. The maximum atomic E-state index is 13.0. The fourth-order valence-corrected chi connectivity index (χ4v) is 9.09. The van der Waals surface area contributed by atoms with E-state index in [9.17, 15) is 19.2 Å². The minimum Gasteiger partial charge on any atom is -0.356 e. The summed E-state index contributed by atoms with van der Waals surface area (Å²) in [5, 5.41) is 11.4. The quantitative estimate of drug-likeness (QED) is 0.0451. The highest BCUT2D eigenvalue weighted by Crippen LogP contribution is 2.14. The van der Waals surface area contributed by atoms with Crippen molar-refractivity contribution in [3.05, 3.63) is 0 Å². The van der Waals surface area contributed by atoms with E-state index in [1.807, 2.05) is 0 Å². The lowest BCUT2D eigenvalue weighted by Crippen LogP contribution is -2.63. The fraction of sp³-hybridized carbons (Fsp3) is 0.926. The number of rotatable bonds is 48. The van der Waals surface area contributed by atoms with Crippen LogP contribution < -0.4 is 21.3 Å². The van der Waals surface area contributed by atoms with Crippen LogP contribution in [0.3, 0.4) is 0 Å². The number of carbonyl (C=O) groups is 4. The normalized spacial score (nSPS) is 15.2. The molecule has 0 spiro atoms. The molecule has 10 nitrogen and oxygen atoms in total. The van der Waals surface area contributed by atoms with Crippen molar-refractivity contribution in [3.63, 3.8) is 0 Å². The summed E-state index contributed by atoms with van der Waals surface area (Å²) in [4.78, 5) is 56.9. The molecule has 0 bridgehead atoms. The predicted octanol–water partition coefficient (Wildman–Crippen LogP) is 11.9. The lowest BCUT2D eigenvalue weighted by molar-refractivity contribution is -0.140. The van der Waals surface area contributed by atoms with Gasteiger partial charge in [0.05, 0.1) is 12.8 Å². The average molecular weight is 903 g/mol. The Labute approximate surface area is 395 Å². The molecule has 1 aliphatic heterocycles. The second kappa shape index (κ2) is 44.6. The van der Waals surface area contributed by atoms with Crippen molar-refractivity contribution in [3.8, 4) is 0 Å². The molecule has 0 aliphatic carbocycles. The fourth-order valence-electron chi connectivity index (χ4n) is 9.09. The van der Waals surface area contributed by atoms with E-state index < -0.39 is 23.9 Å². The van der Waals surface area contributed by atoms with Crippen LogP contribution in [0.25, 0.3) is 0 Å². The van der Waals surface area contributed by atoms with E-state index in [1.165, 1.54) is 205 Å². The van der Waals surface area contributed by atoms with Crippen molar-refractivity contribution in [2.75, 3.05) is 52.4 Å². The summed E-state index contributed by atoms with van der Waals surface area (Å²) in [6.45, 7) is 16.5. The molecule has 2 atom stereocenters. The van der Waals surface area contributed by atoms with Crippen molar-refractivity contribution in [1.29, 1.82) is 0 Å². The van der Waals surface area contributed by atoms with E-state index in [1.54, 1.807) is 0 Å². The maximum Gasteiger partial charge on any atom is 0.243 e. The van der Waals surface area contributed by atoms with Crippen molar-refractivity contribution < 1.29 is 19.2 Å². The second-order valence-electron chi connectivity index (χ2n) is 19.5. The highest BCUT2D eigenvalue weighted by atomic mass is 16.2. The standard InChI is InChI=1S/C54H106N6O4/c1-5-9-13-17-21-25-29-33-41-59(42-34-30-26-22-18-14-10-6-2)45-37-39-55-51(61)47-49-53(63)58-50(54(64)57-49)48-52(62)56-40-38-46-60(43-35-31-27-23-19-15-11-7-3)44-36-32-28-24-20-16-12-8-4/h49-50H,5-48H2,1-4H3,(H,55,61)(H,56,62)(H,57,64)(H,58,63)/t49-,50-/m0/s1. The third-order valence-electron chi connectivity index (χ3n) is 13.3. The predicted molar refractivity (Wildman–Crippen MR) is 272 cm³/mol. The van der Waals surface area contributed by atoms with Gasteiger partial charge in [0.25, 0.3) is 0 Å². The van der Waals surface area contributed by atoms with Gasteiger partial charge in [-0.25, -0.2) is 0 Å². The van der Waals surface area contributed by atoms with E-state index in [4.69, 9.17) is 0 Å². The third kappa shape index (κ3) is 36.0. The number of hydrogen-bond donors (Lipinski definition) is 4. The van der Waals surface area contributed by atoms with Crippen LogP contribution >= 0.6 is 0 Å². The zero-order valence-electron chi connectivity index (χ0n) is 42.8. The third-order valence-corrected chi connectivity index (χ3v) is 13.3. The van der Waals surface area contributed by atoms with Crippen molar-refractivity contribution in [2.24, 2.45) is 0 Å². The smallest absolute Gasteiger partial charge is 0.243 e. The monoisotopic (exact) mass is 903 g/mol. The molecule has 0 radical (unpaired) electrons. The van der Waals surface area contributed by atoms with Crippen LogP contribution in [0.15, 0.2) is 0 Å².